The molecule has 2 aromatic rings. The van der Waals surface area contributed by atoms with Crippen molar-refractivity contribution in [2.24, 2.45) is 0 Å². The number of hydrogen-bond acceptors (Lipinski definition) is 6. The van der Waals surface area contributed by atoms with Crippen LogP contribution in [-0.4, -0.2) is 38.6 Å². The molecule has 0 spiro atoms. The van der Waals surface area contributed by atoms with Gasteiger partial charge in [-0.1, -0.05) is 34.1 Å². The maximum Gasteiger partial charge on any atom is 0.343 e. The number of amides is 2. The second-order valence-electron chi connectivity index (χ2n) is 5.86. The smallest absolute Gasteiger partial charge is 0.343 e. The number of halogens is 1. The summed E-state index contributed by atoms with van der Waals surface area (Å²) in [5.74, 6) is -0.896. The Labute approximate surface area is 175 Å². The Bertz CT molecular complexity index is 990. The molecule has 1 aliphatic rings. The Kier molecular flexibility index (Phi) is 6.18. The van der Waals surface area contributed by atoms with Crippen LogP contribution < -0.4 is 19.9 Å². The average molecular weight is 461 g/mol. The normalized spacial score (nSPS) is 14.7. The number of esters is 1. The first-order valence-corrected chi connectivity index (χ1v) is 9.23. The van der Waals surface area contributed by atoms with Gasteiger partial charge >= 0.3 is 5.97 Å². The van der Waals surface area contributed by atoms with Crippen molar-refractivity contribution in [3.05, 3.63) is 58.1 Å². The van der Waals surface area contributed by atoms with Gasteiger partial charge in [0.15, 0.2) is 18.1 Å². The minimum Gasteiger partial charge on any atom is -0.493 e. The zero-order valence-corrected chi connectivity index (χ0v) is 17.2. The number of nitrogens with zero attached hydrogens (tertiary/aromatic N) is 1. The van der Waals surface area contributed by atoms with Gasteiger partial charge in [0, 0.05) is 4.47 Å². The van der Waals surface area contributed by atoms with Crippen molar-refractivity contribution in [2.75, 3.05) is 25.8 Å². The number of anilines is 1. The summed E-state index contributed by atoms with van der Waals surface area (Å²) in [5, 5.41) is 1.19. The van der Waals surface area contributed by atoms with Gasteiger partial charge in [-0.3, -0.25) is 15.0 Å². The third-order valence-electron chi connectivity index (χ3n) is 4.06. The fourth-order valence-electron chi connectivity index (χ4n) is 2.60. The largest absolute Gasteiger partial charge is 0.493 e. The molecule has 1 aliphatic heterocycles. The van der Waals surface area contributed by atoms with Crippen LogP contribution in [0.5, 0.6) is 11.5 Å². The van der Waals surface area contributed by atoms with Crippen LogP contribution in [0.3, 0.4) is 0 Å². The van der Waals surface area contributed by atoms with Gasteiger partial charge in [-0.2, -0.15) is 0 Å². The summed E-state index contributed by atoms with van der Waals surface area (Å²) in [4.78, 5) is 36.4. The third kappa shape index (κ3) is 4.40. The van der Waals surface area contributed by atoms with Gasteiger partial charge in [-0.05, 0) is 35.9 Å². The monoisotopic (exact) mass is 460 g/mol. The quantitative estimate of drug-likeness (QED) is 0.404. The van der Waals surface area contributed by atoms with E-state index in [1.165, 1.54) is 25.3 Å². The van der Waals surface area contributed by atoms with Gasteiger partial charge in [0.2, 0.25) is 0 Å². The number of hydrazine groups is 1. The summed E-state index contributed by atoms with van der Waals surface area (Å²) < 4.78 is 15.8. The summed E-state index contributed by atoms with van der Waals surface area (Å²) in [6.07, 6.45) is 1.46. The van der Waals surface area contributed by atoms with Crippen molar-refractivity contribution in [2.45, 2.75) is 0 Å². The average Bonchev–Trinajstić information content (AvgIpc) is 3.02. The molecular formula is C20H17BrN2O6. The second kappa shape index (κ2) is 8.78. The number of nitrogens with one attached hydrogen (secondary N) is 1. The van der Waals surface area contributed by atoms with E-state index in [1.807, 2.05) is 6.07 Å². The Balaban J connectivity index is 1.90. The first-order valence-electron chi connectivity index (χ1n) is 8.44. The minimum atomic E-state index is -0.538. The molecule has 0 atom stereocenters. The molecule has 1 saturated heterocycles. The van der Waals surface area contributed by atoms with Gasteiger partial charge in [-0.25, -0.2) is 9.80 Å². The maximum atomic E-state index is 12.7. The number of carbonyl (C=O) groups excluding carboxylic acids is 3. The van der Waals surface area contributed by atoms with E-state index in [4.69, 9.17) is 9.47 Å². The van der Waals surface area contributed by atoms with E-state index in [0.29, 0.717) is 27.2 Å². The first-order chi connectivity index (χ1) is 13.9. The highest BCUT2D eigenvalue weighted by Gasteiger charge is 2.34. The Morgan fingerprint density at radius 1 is 1.14 bits per heavy atom. The molecule has 0 saturated carbocycles. The zero-order chi connectivity index (χ0) is 21.0. The standard InChI is InChI=1S/C20H17BrN2O6/c1-27-16-9-12(15(21)10-17(16)29-11-18(24)28-2)8-14-19(25)22-23(20(14)26)13-6-4-3-5-7-13/h3-10H,11H2,1-2H3,(H,22,25)/b14-8-. The molecule has 1 fully saturated rings. The number of ether oxygens (including phenoxy) is 3. The second-order valence-corrected chi connectivity index (χ2v) is 6.72. The highest BCUT2D eigenvalue weighted by atomic mass is 79.9. The van der Waals surface area contributed by atoms with Crippen molar-refractivity contribution >= 4 is 45.5 Å². The summed E-state index contributed by atoms with van der Waals surface area (Å²) in [7, 11) is 2.70. The van der Waals surface area contributed by atoms with Gasteiger partial charge < -0.3 is 14.2 Å². The van der Waals surface area contributed by atoms with E-state index in [1.54, 1.807) is 36.4 Å². The molecular weight excluding hydrogens is 444 g/mol. The van der Waals surface area contributed by atoms with Gasteiger partial charge in [0.25, 0.3) is 11.8 Å². The molecule has 3 rings (SSSR count). The van der Waals surface area contributed by atoms with Crippen LogP contribution in [0, 0.1) is 0 Å². The zero-order valence-electron chi connectivity index (χ0n) is 15.6. The topological polar surface area (TPSA) is 94.2 Å². The molecule has 29 heavy (non-hydrogen) atoms. The molecule has 2 amide bonds. The molecule has 0 unspecified atom stereocenters. The Morgan fingerprint density at radius 2 is 1.86 bits per heavy atom. The molecule has 8 nitrogen and oxygen atoms in total. The van der Waals surface area contributed by atoms with Crippen LogP contribution in [0.1, 0.15) is 5.56 Å². The molecule has 0 aliphatic carbocycles. The Morgan fingerprint density at radius 3 is 2.52 bits per heavy atom. The van der Waals surface area contributed by atoms with Crippen LogP contribution >= 0.6 is 15.9 Å². The van der Waals surface area contributed by atoms with Crippen LogP contribution in [0.2, 0.25) is 0 Å². The van der Waals surface area contributed by atoms with Crippen LogP contribution in [0.15, 0.2) is 52.5 Å². The van der Waals surface area contributed by atoms with Gasteiger partial charge in [-0.15, -0.1) is 0 Å². The third-order valence-corrected chi connectivity index (χ3v) is 4.75. The lowest BCUT2D eigenvalue weighted by molar-refractivity contribution is -0.143. The molecule has 9 heteroatoms. The summed E-state index contributed by atoms with van der Waals surface area (Å²) in [6, 6.07) is 12.0. The highest BCUT2D eigenvalue weighted by Crippen LogP contribution is 2.35. The van der Waals surface area contributed by atoms with E-state index in [-0.39, 0.29) is 12.2 Å². The highest BCUT2D eigenvalue weighted by molar-refractivity contribution is 9.10. The lowest BCUT2D eigenvalue weighted by atomic mass is 10.1. The Hall–Kier alpha value is -3.33. The van der Waals surface area contributed by atoms with Crippen LogP contribution in [0.4, 0.5) is 5.69 Å². The molecule has 0 bridgehead atoms. The molecule has 1 heterocycles. The van der Waals surface area contributed by atoms with Crippen LogP contribution in [-0.2, 0) is 19.1 Å². The van der Waals surface area contributed by atoms with Gasteiger partial charge in [0.1, 0.15) is 5.57 Å². The minimum absolute atomic E-state index is 0.0279. The molecule has 150 valence electrons. The summed E-state index contributed by atoms with van der Waals surface area (Å²) in [5.41, 5.74) is 3.60. The number of methoxy groups -OCH3 is 2. The van der Waals surface area contributed by atoms with Crippen molar-refractivity contribution in [3.63, 3.8) is 0 Å². The number of rotatable bonds is 6. The fraction of sp³-hybridized carbons (Fsp3) is 0.150. The van der Waals surface area contributed by atoms with E-state index in [2.05, 4.69) is 26.1 Å². The van der Waals surface area contributed by atoms with E-state index < -0.39 is 17.8 Å². The number of hydrogen-bond donors (Lipinski definition) is 1. The van der Waals surface area contributed by atoms with Gasteiger partial charge in [0.05, 0.1) is 19.9 Å². The molecule has 1 N–H and O–H groups in total. The number of benzene rings is 2. The number of carbonyl (C=O) groups is 3. The van der Waals surface area contributed by atoms with Crippen molar-refractivity contribution < 1.29 is 28.6 Å². The summed E-state index contributed by atoms with van der Waals surface area (Å²) >= 11 is 3.39. The first kappa shape index (κ1) is 20.4. The predicted molar refractivity (Wildman–Crippen MR) is 108 cm³/mol. The fourth-order valence-corrected chi connectivity index (χ4v) is 3.04. The lowest BCUT2D eigenvalue weighted by Gasteiger charge is -2.14. The van der Waals surface area contributed by atoms with E-state index >= 15 is 0 Å². The molecule has 0 aromatic heterocycles. The maximum absolute atomic E-state index is 12.7. The van der Waals surface area contributed by atoms with Crippen molar-refractivity contribution in [1.82, 2.24) is 5.43 Å². The van der Waals surface area contributed by atoms with E-state index in [9.17, 15) is 14.4 Å². The number of para-hydroxylation sites is 1. The predicted octanol–water partition coefficient (Wildman–Crippen LogP) is 2.47. The SMILES string of the molecule is COC(=O)COc1cc(Br)c(/C=C2/C(=O)NN(c3ccccc3)C2=O)cc1OC. The lowest BCUT2D eigenvalue weighted by Crippen LogP contribution is -2.35. The molecule has 2 aromatic carbocycles. The van der Waals surface area contributed by atoms with Crippen molar-refractivity contribution in [3.8, 4) is 11.5 Å². The van der Waals surface area contributed by atoms with Crippen LogP contribution in [0.25, 0.3) is 6.08 Å². The summed E-state index contributed by atoms with van der Waals surface area (Å²) in [6.45, 7) is -0.285. The van der Waals surface area contributed by atoms with Crippen molar-refractivity contribution in [1.29, 1.82) is 0 Å². The molecule has 0 radical (unpaired) electrons. The van der Waals surface area contributed by atoms with E-state index in [0.717, 1.165) is 0 Å².